The zero-order valence-electron chi connectivity index (χ0n) is 19.8. The van der Waals surface area contributed by atoms with Crippen LogP contribution in [0.3, 0.4) is 0 Å². The molecule has 1 aliphatic heterocycles. The summed E-state index contributed by atoms with van der Waals surface area (Å²) in [6.45, 7) is 3.76. The number of hydrogen-bond acceptors (Lipinski definition) is 7. The summed E-state index contributed by atoms with van der Waals surface area (Å²) in [5, 5.41) is 12.0. The van der Waals surface area contributed by atoms with E-state index in [1.54, 1.807) is 33.1 Å². The van der Waals surface area contributed by atoms with E-state index in [-0.39, 0.29) is 30.2 Å². The van der Waals surface area contributed by atoms with Crippen molar-refractivity contribution < 1.29 is 23.7 Å². The van der Waals surface area contributed by atoms with Crippen molar-refractivity contribution in [3.05, 3.63) is 94.6 Å². The Bertz CT molecular complexity index is 1380. The van der Waals surface area contributed by atoms with Crippen LogP contribution in [0.4, 0.5) is 0 Å². The van der Waals surface area contributed by atoms with Crippen molar-refractivity contribution in [2.24, 2.45) is 5.73 Å². The molecule has 0 amide bonds. The first kappa shape index (κ1) is 23.7. The fourth-order valence-corrected chi connectivity index (χ4v) is 4.20. The minimum atomic E-state index is -0.738. The molecular formula is C28H26N2O5. The number of nitrogens with two attached hydrogens (primary N) is 1. The minimum Gasteiger partial charge on any atom is -0.496 e. The van der Waals surface area contributed by atoms with Gasteiger partial charge in [-0.25, -0.2) is 4.79 Å². The second kappa shape index (κ2) is 10.2. The van der Waals surface area contributed by atoms with E-state index in [2.05, 4.69) is 6.07 Å². The van der Waals surface area contributed by atoms with Gasteiger partial charge in [-0.3, -0.25) is 0 Å². The first-order valence-corrected chi connectivity index (χ1v) is 11.2. The lowest BCUT2D eigenvalue weighted by Gasteiger charge is -2.27. The van der Waals surface area contributed by atoms with Crippen LogP contribution in [0.1, 0.15) is 30.9 Å². The van der Waals surface area contributed by atoms with Crippen LogP contribution in [0.5, 0.6) is 11.5 Å². The van der Waals surface area contributed by atoms with Crippen LogP contribution in [0.25, 0.3) is 10.8 Å². The van der Waals surface area contributed by atoms with Gasteiger partial charge in [0.15, 0.2) is 0 Å². The largest absolute Gasteiger partial charge is 0.496 e. The van der Waals surface area contributed by atoms with E-state index in [1.807, 2.05) is 48.5 Å². The Morgan fingerprint density at radius 2 is 1.89 bits per heavy atom. The van der Waals surface area contributed by atoms with E-state index in [9.17, 15) is 10.1 Å². The SMILES string of the molecule is CCOC(=O)C1=C(C)OC(N)=C(C#N)C1c1ccc(OC)c(COc2ccc3ccccc3c2)c1. The summed E-state index contributed by atoms with van der Waals surface area (Å²) >= 11 is 0. The summed E-state index contributed by atoms with van der Waals surface area (Å²) in [6, 6.07) is 21.5. The Morgan fingerprint density at radius 3 is 2.60 bits per heavy atom. The number of carbonyl (C=O) groups excluding carboxylic acids is 1. The number of carbonyl (C=O) groups is 1. The van der Waals surface area contributed by atoms with Gasteiger partial charge in [0.1, 0.15) is 35.5 Å². The number of methoxy groups -OCH3 is 1. The van der Waals surface area contributed by atoms with Crippen molar-refractivity contribution in [1.82, 2.24) is 0 Å². The van der Waals surface area contributed by atoms with Crippen molar-refractivity contribution in [3.8, 4) is 17.6 Å². The average Bonchev–Trinajstić information content (AvgIpc) is 2.86. The average molecular weight is 471 g/mol. The Balaban J connectivity index is 1.70. The Hall–Kier alpha value is -4.44. The first-order chi connectivity index (χ1) is 17.0. The van der Waals surface area contributed by atoms with E-state index in [0.29, 0.717) is 22.8 Å². The lowest BCUT2D eigenvalue weighted by molar-refractivity contribution is -0.139. The van der Waals surface area contributed by atoms with Crippen LogP contribution in [-0.2, 0) is 20.9 Å². The molecule has 7 heteroatoms. The van der Waals surface area contributed by atoms with Crippen molar-refractivity contribution in [2.45, 2.75) is 26.4 Å². The number of nitriles is 1. The molecule has 0 spiro atoms. The maximum absolute atomic E-state index is 12.8. The molecule has 4 rings (SSSR count). The molecule has 0 saturated heterocycles. The maximum atomic E-state index is 12.8. The van der Waals surface area contributed by atoms with Crippen molar-refractivity contribution in [3.63, 3.8) is 0 Å². The normalized spacial score (nSPS) is 15.4. The zero-order valence-corrected chi connectivity index (χ0v) is 19.8. The third-order valence-corrected chi connectivity index (χ3v) is 5.85. The maximum Gasteiger partial charge on any atom is 0.338 e. The van der Waals surface area contributed by atoms with Crippen LogP contribution < -0.4 is 15.2 Å². The van der Waals surface area contributed by atoms with Crippen LogP contribution in [-0.4, -0.2) is 19.7 Å². The van der Waals surface area contributed by atoms with Crippen molar-refractivity contribution >= 4 is 16.7 Å². The lowest BCUT2D eigenvalue weighted by Crippen LogP contribution is -2.25. The monoisotopic (exact) mass is 470 g/mol. The van der Waals surface area contributed by atoms with E-state index < -0.39 is 11.9 Å². The van der Waals surface area contributed by atoms with Gasteiger partial charge in [0.05, 0.1) is 25.2 Å². The highest BCUT2D eigenvalue weighted by Crippen LogP contribution is 2.41. The molecule has 0 saturated carbocycles. The molecule has 0 radical (unpaired) electrons. The van der Waals surface area contributed by atoms with Gasteiger partial charge in [0, 0.05) is 5.56 Å². The number of ether oxygens (including phenoxy) is 4. The molecule has 1 unspecified atom stereocenters. The summed E-state index contributed by atoms with van der Waals surface area (Å²) in [5.41, 5.74) is 7.83. The van der Waals surface area contributed by atoms with Gasteiger partial charge < -0.3 is 24.7 Å². The number of esters is 1. The predicted octanol–water partition coefficient (Wildman–Crippen LogP) is 5.07. The van der Waals surface area contributed by atoms with Gasteiger partial charge in [0.25, 0.3) is 0 Å². The molecule has 3 aromatic rings. The number of fused-ring (bicyclic) bond motifs is 1. The number of allylic oxidation sites excluding steroid dienone is 2. The Morgan fingerprint density at radius 1 is 1.11 bits per heavy atom. The molecule has 0 aliphatic carbocycles. The molecule has 0 fully saturated rings. The van der Waals surface area contributed by atoms with E-state index in [4.69, 9.17) is 24.7 Å². The standard InChI is InChI=1S/C28H26N2O5/c1-4-33-28(31)25-17(2)35-27(30)23(15-29)26(25)20-10-12-24(32-3)21(13-20)16-34-22-11-9-18-7-5-6-8-19(18)14-22/h5-14,26H,4,16,30H2,1-3H3. The Kier molecular flexibility index (Phi) is 6.93. The van der Waals surface area contributed by atoms with E-state index in [0.717, 1.165) is 16.3 Å². The molecule has 1 atom stereocenters. The molecule has 2 N–H and O–H groups in total. The molecule has 3 aromatic carbocycles. The fraction of sp³-hybridized carbons (Fsp3) is 0.214. The molecule has 7 nitrogen and oxygen atoms in total. The van der Waals surface area contributed by atoms with Gasteiger partial charge in [0.2, 0.25) is 5.88 Å². The molecule has 1 aliphatic rings. The van der Waals surface area contributed by atoms with Gasteiger partial charge in [-0.15, -0.1) is 0 Å². The van der Waals surface area contributed by atoms with Crippen molar-refractivity contribution in [1.29, 1.82) is 5.26 Å². The summed E-state index contributed by atoms with van der Waals surface area (Å²) in [7, 11) is 1.58. The van der Waals surface area contributed by atoms with Gasteiger partial charge in [-0.1, -0.05) is 36.4 Å². The summed E-state index contributed by atoms with van der Waals surface area (Å²) in [6.07, 6.45) is 0. The molecule has 35 heavy (non-hydrogen) atoms. The number of rotatable bonds is 7. The van der Waals surface area contributed by atoms with E-state index >= 15 is 0 Å². The number of hydrogen-bond donors (Lipinski definition) is 1. The minimum absolute atomic E-state index is 0.0344. The predicted molar refractivity (Wildman–Crippen MR) is 131 cm³/mol. The fourth-order valence-electron chi connectivity index (χ4n) is 4.20. The second-order valence-electron chi connectivity index (χ2n) is 7.98. The van der Waals surface area contributed by atoms with Gasteiger partial charge >= 0.3 is 5.97 Å². The third kappa shape index (κ3) is 4.78. The smallest absolute Gasteiger partial charge is 0.338 e. The van der Waals surface area contributed by atoms with Crippen LogP contribution >= 0.6 is 0 Å². The summed E-state index contributed by atoms with van der Waals surface area (Å²) in [5.74, 6) is 0.309. The molecule has 1 heterocycles. The lowest BCUT2D eigenvalue weighted by atomic mass is 9.82. The molecular weight excluding hydrogens is 444 g/mol. The quantitative estimate of drug-likeness (QED) is 0.481. The molecule has 178 valence electrons. The summed E-state index contributed by atoms with van der Waals surface area (Å²) in [4.78, 5) is 12.8. The second-order valence-corrected chi connectivity index (χ2v) is 7.98. The molecule has 0 aromatic heterocycles. The van der Waals surface area contributed by atoms with Gasteiger partial charge in [-0.05, 0) is 54.4 Å². The highest BCUT2D eigenvalue weighted by atomic mass is 16.5. The number of benzene rings is 3. The molecule has 0 bridgehead atoms. The van der Waals surface area contributed by atoms with E-state index in [1.165, 1.54) is 0 Å². The Labute approximate surface area is 204 Å². The van der Waals surface area contributed by atoms with Crippen LogP contribution in [0, 0.1) is 11.3 Å². The third-order valence-electron chi connectivity index (χ3n) is 5.85. The van der Waals surface area contributed by atoms with Gasteiger partial charge in [-0.2, -0.15) is 5.26 Å². The highest BCUT2D eigenvalue weighted by molar-refractivity contribution is 5.92. The van der Waals surface area contributed by atoms with Crippen LogP contribution in [0.15, 0.2) is 83.5 Å². The zero-order chi connectivity index (χ0) is 24.9. The number of nitrogens with zero attached hydrogens (tertiary/aromatic N) is 1. The topological polar surface area (TPSA) is 104 Å². The van der Waals surface area contributed by atoms with Crippen molar-refractivity contribution in [2.75, 3.05) is 13.7 Å². The first-order valence-electron chi connectivity index (χ1n) is 11.2. The van der Waals surface area contributed by atoms with Crippen LogP contribution in [0.2, 0.25) is 0 Å². The summed E-state index contributed by atoms with van der Waals surface area (Å²) < 4.78 is 22.4. The highest BCUT2D eigenvalue weighted by Gasteiger charge is 2.36.